The number of amides is 2. The molecule has 0 aliphatic rings. The van der Waals surface area contributed by atoms with Gasteiger partial charge in [0.1, 0.15) is 10.6 Å². The van der Waals surface area contributed by atoms with E-state index in [1.807, 2.05) is 0 Å². The van der Waals surface area contributed by atoms with Crippen LogP contribution in [0.2, 0.25) is 0 Å². The highest BCUT2D eigenvalue weighted by Gasteiger charge is 2.21. The van der Waals surface area contributed by atoms with E-state index >= 15 is 0 Å². The van der Waals surface area contributed by atoms with Gasteiger partial charge in [0.15, 0.2) is 0 Å². The monoisotopic (exact) mass is 405 g/mol. The number of nitrogens with one attached hydrogen (secondary N) is 1. The molecule has 0 bridgehead atoms. The Morgan fingerprint density at radius 1 is 1.24 bits per heavy atom. The predicted octanol–water partition coefficient (Wildman–Crippen LogP) is 1.46. The molecule has 8 heteroatoms. The fourth-order valence-electron chi connectivity index (χ4n) is 2.16. The van der Waals surface area contributed by atoms with Crippen LogP contribution < -0.4 is 11.1 Å². The van der Waals surface area contributed by atoms with Gasteiger partial charge in [-0.2, -0.15) is 0 Å². The van der Waals surface area contributed by atoms with Gasteiger partial charge in [0.05, 0.1) is 12.7 Å². The minimum atomic E-state index is -0.921. The van der Waals surface area contributed by atoms with Crippen molar-refractivity contribution in [2.24, 2.45) is 5.73 Å². The summed E-state index contributed by atoms with van der Waals surface area (Å²) in [5.74, 6) is -1.75. The van der Waals surface area contributed by atoms with Gasteiger partial charge in [-0.15, -0.1) is 0 Å². The number of aromatic nitrogens is 1. The smallest absolute Gasteiger partial charge is 0.337 e. The molecule has 0 radical (unpaired) electrons. The molecule has 1 aromatic carbocycles. The van der Waals surface area contributed by atoms with Crippen LogP contribution >= 0.6 is 15.9 Å². The second-order valence-electron chi connectivity index (χ2n) is 5.16. The second-order valence-corrected chi connectivity index (χ2v) is 5.91. The Morgan fingerprint density at radius 3 is 2.60 bits per heavy atom. The van der Waals surface area contributed by atoms with E-state index in [0.717, 1.165) is 5.56 Å². The first kappa shape index (κ1) is 18.6. The molecule has 1 aromatic heterocycles. The number of ether oxygens (including phenoxy) is 1. The number of halogens is 1. The lowest BCUT2D eigenvalue weighted by atomic mass is 10.1. The predicted molar refractivity (Wildman–Crippen MR) is 93.9 cm³/mol. The maximum absolute atomic E-state index is 12.4. The molecule has 0 spiro atoms. The van der Waals surface area contributed by atoms with Crippen molar-refractivity contribution in [2.45, 2.75) is 12.5 Å². The summed E-state index contributed by atoms with van der Waals surface area (Å²) in [6.45, 7) is 0. The van der Waals surface area contributed by atoms with Crippen molar-refractivity contribution in [3.05, 3.63) is 63.9 Å². The maximum Gasteiger partial charge on any atom is 0.337 e. The third kappa shape index (κ3) is 4.87. The molecule has 0 aliphatic heterocycles. The van der Waals surface area contributed by atoms with E-state index in [-0.39, 0.29) is 17.5 Å². The van der Waals surface area contributed by atoms with Crippen molar-refractivity contribution < 1.29 is 19.1 Å². The first-order valence-electron chi connectivity index (χ1n) is 7.30. The van der Waals surface area contributed by atoms with Gasteiger partial charge in [-0.3, -0.25) is 9.59 Å². The Hall–Kier alpha value is -2.74. The van der Waals surface area contributed by atoms with Crippen LogP contribution in [0.1, 0.15) is 26.3 Å². The molecule has 2 aromatic rings. The minimum Gasteiger partial charge on any atom is -0.465 e. The fourth-order valence-corrected chi connectivity index (χ4v) is 2.57. The number of hydrogen-bond acceptors (Lipinski definition) is 5. The van der Waals surface area contributed by atoms with Crippen molar-refractivity contribution in [1.29, 1.82) is 0 Å². The van der Waals surface area contributed by atoms with Crippen molar-refractivity contribution in [3.8, 4) is 0 Å². The molecule has 1 atom stereocenters. The number of nitrogens with zero attached hydrogens (tertiary/aromatic N) is 1. The first-order valence-corrected chi connectivity index (χ1v) is 8.09. The molecular formula is C17H16BrN3O4. The molecule has 0 fully saturated rings. The first-order chi connectivity index (χ1) is 11.9. The van der Waals surface area contributed by atoms with Crippen LogP contribution in [0.15, 0.2) is 47.2 Å². The number of rotatable bonds is 6. The number of hydrogen-bond donors (Lipinski definition) is 2. The Kier molecular flexibility index (Phi) is 6.24. The topological polar surface area (TPSA) is 111 Å². The summed E-state index contributed by atoms with van der Waals surface area (Å²) < 4.78 is 5.20. The number of primary amides is 1. The van der Waals surface area contributed by atoms with Gasteiger partial charge in [-0.1, -0.05) is 12.1 Å². The van der Waals surface area contributed by atoms with Crippen LogP contribution in [-0.2, 0) is 16.0 Å². The summed E-state index contributed by atoms with van der Waals surface area (Å²) in [6, 6.07) is 8.57. The molecule has 3 N–H and O–H groups in total. The molecule has 2 amide bonds. The van der Waals surface area contributed by atoms with E-state index in [0.29, 0.717) is 4.60 Å². The number of carbonyl (C=O) groups excluding carboxylic acids is 3. The number of methoxy groups -OCH3 is 1. The Morgan fingerprint density at radius 2 is 1.96 bits per heavy atom. The number of nitrogens with two attached hydrogens (primary N) is 1. The average molecular weight is 406 g/mol. The van der Waals surface area contributed by atoms with Gasteiger partial charge in [-0.05, 0) is 45.8 Å². The van der Waals surface area contributed by atoms with Crippen LogP contribution in [0.4, 0.5) is 0 Å². The molecule has 1 heterocycles. The number of benzene rings is 1. The average Bonchev–Trinajstić information content (AvgIpc) is 2.62. The highest BCUT2D eigenvalue weighted by Crippen LogP contribution is 2.15. The van der Waals surface area contributed by atoms with Gasteiger partial charge < -0.3 is 15.8 Å². The highest BCUT2D eigenvalue weighted by molar-refractivity contribution is 9.10. The van der Waals surface area contributed by atoms with Crippen molar-refractivity contribution in [3.63, 3.8) is 0 Å². The molecule has 2 rings (SSSR count). The van der Waals surface area contributed by atoms with E-state index in [2.05, 4.69) is 31.0 Å². The third-order valence-corrected chi connectivity index (χ3v) is 4.17. The number of esters is 1. The second kappa shape index (κ2) is 8.39. The Labute approximate surface area is 152 Å². The summed E-state index contributed by atoms with van der Waals surface area (Å²) in [5, 5.41) is 2.58. The molecule has 0 saturated heterocycles. The highest BCUT2D eigenvalue weighted by atomic mass is 79.9. The zero-order chi connectivity index (χ0) is 18.4. The number of carbonyl (C=O) groups is 3. The molecule has 0 unspecified atom stereocenters. The van der Waals surface area contributed by atoms with Crippen LogP contribution in [0.3, 0.4) is 0 Å². The summed E-state index contributed by atoms with van der Waals surface area (Å²) in [4.78, 5) is 39.7. The lowest BCUT2D eigenvalue weighted by Crippen LogP contribution is -2.46. The van der Waals surface area contributed by atoms with E-state index in [9.17, 15) is 14.4 Å². The quantitative estimate of drug-likeness (QED) is 0.557. The SMILES string of the molecule is COC(=O)c1cccc(C(=O)N[C@@H](Cc2cccnc2Br)C(N)=O)c1. The normalized spacial score (nSPS) is 11.4. The van der Waals surface area contributed by atoms with E-state index < -0.39 is 23.8 Å². The van der Waals surface area contributed by atoms with Crippen LogP contribution in [-0.4, -0.2) is 35.9 Å². The Balaban J connectivity index is 2.17. The molecule has 7 nitrogen and oxygen atoms in total. The van der Waals surface area contributed by atoms with Crippen molar-refractivity contribution in [2.75, 3.05) is 7.11 Å². The van der Waals surface area contributed by atoms with Crippen LogP contribution in [0.5, 0.6) is 0 Å². The van der Waals surface area contributed by atoms with Crippen molar-refractivity contribution in [1.82, 2.24) is 10.3 Å². The van der Waals surface area contributed by atoms with Gasteiger partial charge in [0, 0.05) is 18.2 Å². The zero-order valence-electron chi connectivity index (χ0n) is 13.4. The molecule has 0 saturated carbocycles. The Bertz CT molecular complexity index is 810. The number of pyridine rings is 1. The van der Waals surface area contributed by atoms with Gasteiger partial charge in [-0.25, -0.2) is 9.78 Å². The largest absolute Gasteiger partial charge is 0.465 e. The minimum absolute atomic E-state index is 0.187. The van der Waals surface area contributed by atoms with Gasteiger partial charge in [0.2, 0.25) is 5.91 Å². The lowest BCUT2D eigenvalue weighted by molar-refractivity contribution is -0.119. The lowest BCUT2D eigenvalue weighted by Gasteiger charge is -2.16. The van der Waals surface area contributed by atoms with E-state index in [1.54, 1.807) is 24.4 Å². The van der Waals surface area contributed by atoms with E-state index in [1.165, 1.54) is 25.3 Å². The fraction of sp³-hybridized carbons (Fsp3) is 0.176. The molecule has 130 valence electrons. The summed E-state index contributed by atoms with van der Waals surface area (Å²) in [7, 11) is 1.25. The van der Waals surface area contributed by atoms with Gasteiger partial charge in [0.25, 0.3) is 5.91 Å². The van der Waals surface area contributed by atoms with Gasteiger partial charge >= 0.3 is 5.97 Å². The zero-order valence-corrected chi connectivity index (χ0v) is 14.9. The molecule has 0 aliphatic carbocycles. The maximum atomic E-state index is 12.4. The van der Waals surface area contributed by atoms with Crippen molar-refractivity contribution >= 4 is 33.7 Å². The summed E-state index contributed by atoms with van der Waals surface area (Å²) in [5.41, 5.74) is 6.59. The third-order valence-electron chi connectivity index (χ3n) is 3.45. The molecule has 25 heavy (non-hydrogen) atoms. The van der Waals surface area contributed by atoms with Crippen LogP contribution in [0.25, 0.3) is 0 Å². The van der Waals surface area contributed by atoms with Crippen LogP contribution in [0, 0.1) is 0 Å². The summed E-state index contributed by atoms with van der Waals surface area (Å²) >= 11 is 3.29. The summed E-state index contributed by atoms with van der Waals surface area (Å²) in [6.07, 6.45) is 1.79. The van der Waals surface area contributed by atoms with E-state index in [4.69, 9.17) is 5.73 Å². The standard InChI is InChI=1S/C17H16BrN3O4/c1-25-17(24)12-5-2-4-11(8-12)16(23)21-13(15(19)22)9-10-6-3-7-20-14(10)18/h2-8,13H,9H2,1H3,(H2,19,22)(H,21,23)/t13-/m0/s1. The molecular weight excluding hydrogens is 390 g/mol.